The van der Waals surface area contributed by atoms with Crippen LogP contribution in [0.2, 0.25) is 0 Å². The molecule has 0 aromatic heterocycles. The van der Waals surface area contributed by atoms with Crippen LogP contribution in [0.1, 0.15) is 25.3 Å². The number of rotatable bonds is 7. The van der Waals surface area contributed by atoms with Crippen LogP contribution in [-0.2, 0) is 25.6 Å². The molecule has 168 valence electrons. The number of carbonyl (C=O) groups is 4. The van der Waals surface area contributed by atoms with E-state index in [4.69, 9.17) is 0 Å². The van der Waals surface area contributed by atoms with Crippen molar-refractivity contribution in [3.05, 3.63) is 35.9 Å². The highest BCUT2D eigenvalue weighted by atomic mass is 16.4. The van der Waals surface area contributed by atoms with E-state index in [9.17, 15) is 24.3 Å². The molecule has 2 atom stereocenters. The number of carbonyl (C=O) groups excluding carboxylic acids is 3. The average molecular weight is 431 g/mol. The predicted octanol–water partition coefficient (Wildman–Crippen LogP) is -0.0464. The molecule has 31 heavy (non-hydrogen) atoms. The van der Waals surface area contributed by atoms with Crippen molar-refractivity contribution < 1.29 is 24.3 Å². The summed E-state index contributed by atoms with van der Waals surface area (Å²) in [6.07, 6.45) is 1.75. The number of piperazine rings is 1. The number of hydrogen-bond donors (Lipinski definition) is 2. The largest absolute Gasteiger partial charge is 0.480 e. The van der Waals surface area contributed by atoms with Crippen molar-refractivity contribution in [3.8, 4) is 0 Å². The minimum atomic E-state index is -1.07. The fourth-order valence-electron chi connectivity index (χ4n) is 4.23. The highest BCUT2D eigenvalue weighted by molar-refractivity contribution is 5.88. The Morgan fingerprint density at radius 1 is 1.06 bits per heavy atom. The van der Waals surface area contributed by atoms with Crippen LogP contribution in [0, 0.1) is 0 Å². The molecule has 9 nitrogen and oxygen atoms in total. The third kappa shape index (κ3) is 6.04. The number of benzene rings is 1. The van der Waals surface area contributed by atoms with Crippen LogP contribution in [-0.4, -0.2) is 94.8 Å². The van der Waals surface area contributed by atoms with Gasteiger partial charge in [0, 0.05) is 46.1 Å². The van der Waals surface area contributed by atoms with Gasteiger partial charge in [0.1, 0.15) is 12.1 Å². The molecule has 9 heteroatoms. The second-order valence-electron chi connectivity index (χ2n) is 8.12. The van der Waals surface area contributed by atoms with Gasteiger partial charge in [-0.2, -0.15) is 0 Å². The van der Waals surface area contributed by atoms with Gasteiger partial charge in [-0.1, -0.05) is 30.3 Å². The molecular formula is C22H30N4O5. The molecule has 1 aromatic rings. The maximum Gasteiger partial charge on any atom is 0.326 e. The summed E-state index contributed by atoms with van der Waals surface area (Å²) >= 11 is 0. The van der Waals surface area contributed by atoms with E-state index < -0.39 is 12.0 Å². The van der Waals surface area contributed by atoms with Gasteiger partial charge >= 0.3 is 5.97 Å². The number of carboxylic acid groups (broad SMARTS) is 1. The molecule has 0 bridgehead atoms. The van der Waals surface area contributed by atoms with Crippen LogP contribution in [0.5, 0.6) is 0 Å². The maximum atomic E-state index is 12.8. The van der Waals surface area contributed by atoms with E-state index in [-0.39, 0.29) is 36.7 Å². The van der Waals surface area contributed by atoms with E-state index in [2.05, 4.69) is 5.32 Å². The zero-order valence-corrected chi connectivity index (χ0v) is 17.8. The van der Waals surface area contributed by atoms with E-state index in [0.29, 0.717) is 39.1 Å². The highest BCUT2D eigenvalue weighted by Gasteiger charge is 2.36. The van der Waals surface area contributed by atoms with Crippen LogP contribution in [0.25, 0.3) is 0 Å². The fraction of sp³-hybridized carbons (Fsp3) is 0.545. The Morgan fingerprint density at radius 2 is 1.74 bits per heavy atom. The van der Waals surface area contributed by atoms with E-state index >= 15 is 0 Å². The molecule has 3 rings (SSSR count). The second kappa shape index (κ2) is 10.4. The molecule has 2 aliphatic rings. The molecule has 3 amide bonds. The number of nitrogens with zero attached hydrogens (tertiary/aromatic N) is 3. The molecule has 2 aliphatic heterocycles. The molecule has 2 N–H and O–H groups in total. The summed E-state index contributed by atoms with van der Waals surface area (Å²) in [6.45, 7) is 4.24. The Morgan fingerprint density at radius 3 is 2.35 bits per heavy atom. The monoisotopic (exact) mass is 430 g/mol. The lowest BCUT2D eigenvalue weighted by atomic mass is 10.1. The molecule has 2 saturated heterocycles. The van der Waals surface area contributed by atoms with Crippen LogP contribution in [0.3, 0.4) is 0 Å². The summed E-state index contributed by atoms with van der Waals surface area (Å²) in [6, 6.07) is 7.81. The van der Waals surface area contributed by atoms with Crippen LogP contribution in [0.4, 0.5) is 0 Å². The van der Waals surface area contributed by atoms with Gasteiger partial charge in [-0.3, -0.25) is 19.3 Å². The number of carboxylic acids is 1. The van der Waals surface area contributed by atoms with Gasteiger partial charge in [0.25, 0.3) is 0 Å². The topological polar surface area (TPSA) is 110 Å². The summed E-state index contributed by atoms with van der Waals surface area (Å²) < 4.78 is 0. The first-order valence-corrected chi connectivity index (χ1v) is 10.7. The van der Waals surface area contributed by atoms with E-state index in [1.165, 1.54) is 6.92 Å². The van der Waals surface area contributed by atoms with E-state index in [1.807, 2.05) is 35.2 Å². The summed E-state index contributed by atoms with van der Waals surface area (Å²) in [5.74, 6) is -1.51. The van der Waals surface area contributed by atoms with Crippen molar-refractivity contribution in [1.29, 1.82) is 0 Å². The first-order chi connectivity index (χ1) is 14.8. The number of likely N-dealkylation sites (tertiary alicyclic amines) is 1. The zero-order chi connectivity index (χ0) is 22.4. The van der Waals surface area contributed by atoms with Crippen LogP contribution >= 0.6 is 0 Å². The van der Waals surface area contributed by atoms with Crippen molar-refractivity contribution in [2.75, 3.05) is 39.3 Å². The van der Waals surface area contributed by atoms with Crippen molar-refractivity contribution in [3.63, 3.8) is 0 Å². The molecule has 1 aromatic carbocycles. The van der Waals surface area contributed by atoms with E-state index in [1.54, 1.807) is 9.80 Å². The van der Waals surface area contributed by atoms with Crippen molar-refractivity contribution >= 4 is 23.7 Å². The second-order valence-corrected chi connectivity index (χ2v) is 8.12. The Balaban J connectivity index is 1.46. The molecule has 0 aliphatic carbocycles. The van der Waals surface area contributed by atoms with Gasteiger partial charge in [-0.05, 0) is 18.4 Å². The van der Waals surface area contributed by atoms with Gasteiger partial charge < -0.3 is 20.2 Å². The standard InChI is InChI=1S/C22H30N4O5/c1-16(27)26-9-5-8-19(26)21(29)25-12-10-24(11-13-25)15-20(28)23-18(22(30)31)14-17-6-3-2-4-7-17/h2-4,6-7,18-19H,5,8-15H2,1H3,(H,23,28)(H,30,31)/t18-,19+/m0/s1. The summed E-state index contributed by atoms with van der Waals surface area (Å²) in [5.41, 5.74) is 0.842. The molecule has 0 radical (unpaired) electrons. The van der Waals surface area contributed by atoms with Gasteiger partial charge in [-0.15, -0.1) is 0 Å². The molecular weight excluding hydrogens is 400 g/mol. The number of hydrogen-bond acceptors (Lipinski definition) is 5. The van der Waals surface area contributed by atoms with Crippen molar-refractivity contribution in [1.82, 2.24) is 20.0 Å². The Kier molecular flexibility index (Phi) is 7.62. The smallest absolute Gasteiger partial charge is 0.326 e. The lowest BCUT2D eigenvalue weighted by Crippen LogP contribution is -2.56. The van der Waals surface area contributed by atoms with Gasteiger partial charge in [0.15, 0.2) is 0 Å². The van der Waals surface area contributed by atoms with E-state index in [0.717, 1.165) is 12.0 Å². The lowest BCUT2D eigenvalue weighted by molar-refractivity contribution is -0.144. The normalized spacial score (nSPS) is 20.4. The van der Waals surface area contributed by atoms with Crippen molar-refractivity contribution in [2.45, 2.75) is 38.3 Å². The van der Waals surface area contributed by atoms with Gasteiger partial charge in [-0.25, -0.2) is 4.79 Å². The third-order valence-electron chi connectivity index (χ3n) is 5.91. The predicted molar refractivity (Wildman–Crippen MR) is 113 cm³/mol. The molecule has 2 fully saturated rings. The minimum absolute atomic E-state index is 0.0226. The number of aliphatic carboxylic acids is 1. The van der Waals surface area contributed by atoms with Crippen LogP contribution in [0.15, 0.2) is 30.3 Å². The van der Waals surface area contributed by atoms with Crippen molar-refractivity contribution in [2.24, 2.45) is 0 Å². The summed E-state index contributed by atoms with van der Waals surface area (Å²) in [5, 5.41) is 12.1. The Bertz CT molecular complexity index is 807. The third-order valence-corrected chi connectivity index (χ3v) is 5.91. The molecule has 2 heterocycles. The first-order valence-electron chi connectivity index (χ1n) is 10.7. The number of nitrogens with one attached hydrogen (secondary N) is 1. The maximum absolute atomic E-state index is 12.8. The fourth-order valence-corrected chi connectivity index (χ4v) is 4.23. The van der Waals surface area contributed by atoms with Gasteiger partial charge in [0.2, 0.25) is 17.7 Å². The summed E-state index contributed by atoms with van der Waals surface area (Å²) in [4.78, 5) is 53.8. The highest BCUT2D eigenvalue weighted by Crippen LogP contribution is 2.20. The number of amides is 3. The minimum Gasteiger partial charge on any atom is -0.480 e. The quantitative estimate of drug-likeness (QED) is 0.628. The summed E-state index contributed by atoms with van der Waals surface area (Å²) in [7, 11) is 0. The molecule has 0 saturated carbocycles. The zero-order valence-electron chi connectivity index (χ0n) is 17.8. The SMILES string of the molecule is CC(=O)N1CCC[C@@H]1C(=O)N1CCN(CC(=O)N[C@@H](Cc2ccccc2)C(=O)O)CC1. The Hall–Kier alpha value is -2.94. The van der Waals surface area contributed by atoms with Crippen LogP contribution < -0.4 is 5.32 Å². The first kappa shape index (κ1) is 22.7. The van der Waals surface area contributed by atoms with Gasteiger partial charge in [0.05, 0.1) is 6.54 Å². The Labute approximate surface area is 182 Å². The average Bonchev–Trinajstić information content (AvgIpc) is 3.24. The molecule has 0 spiro atoms. The molecule has 0 unspecified atom stereocenters. The lowest BCUT2D eigenvalue weighted by Gasteiger charge is -2.37.